The van der Waals surface area contributed by atoms with Crippen LogP contribution in [0.1, 0.15) is 179 Å². The van der Waals surface area contributed by atoms with Gasteiger partial charge in [-0.15, -0.1) is 0 Å². The third-order valence-electron chi connectivity index (χ3n) is 10.9. The molecule has 3 rings (SSSR count). The Kier molecular flexibility index (Phi) is 26.1. The first-order valence-corrected chi connectivity index (χ1v) is 23.0. The zero-order valence-corrected chi connectivity index (χ0v) is 36.2. The predicted octanol–water partition coefficient (Wildman–Crippen LogP) is 14.4. The van der Waals surface area contributed by atoms with Crippen molar-refractivity contribution in [2.45, 2.75) is 181 Å². The molecule has 57 heavy (non-hydrogen) atoms. The second kappa shape index (κ2) is 31.2. The van der Waals surface area contributed by atoms with Crippen LogP contribution in [0.15, 0.2) is 66.7 Å². The molecule has 6 heteroatoms. The van der Waals surface area contributed by atoms with Crippen molar-refractivity contribution in [1.82, 2.24) is 0 Å². The molecule has 0 saturated heterocycles. The Morgan fingerprint density at radius 3 is 1.60 bits per heavy atom. The van der Waals surface area contributed by atoms with E-state index in [0.29, 0.717) is 18.9 Å². The molecule has 6 nitrogen and oxygen atoms in total. The summed E-state index contributed by atoms with van der Waals surface area (Å²) >= 11 is 0. The van der Waals surface area contributed by atoms with Crippen LogP contribution in [0.4, 0.5) is 5.69 Å². The third kappa shape index (κ3) is 21.5. The van der Waals surface area contributed by atoms with Crippen molar-refractivity contribution in [3.63, 3.8) is 0 Å². The van der Waals surface area contributed by atoms with Gasteiger partial charge in [-0.3, -0.25) is 9.59 Å². The number of esters is 1. The summed E-state index contributed by atoms with van der Waals surface area (Å²) < 4.78 is 17.5. The summed E-state index contributed by atoms with van der Waals surface area (Å²) in [7, 11) is 1.41. The Bertz CT molecular complexity index is 1500. The summed E-state index contributed by atoms with van der Waals surface area (Å²) in [5, 5.41) is 3.09. The Balaban J connectivity index is 1.45. The van der Waals surface area contributed by atoms with Gasteiger partial charge in [0.1, 0.15) is 11.5 Å². The van der Waals surface area contributed by atoms with E-state index in [9.17, 15) is 9.59 Å². The number of unbranched alkanes of at least 4 members (excludes halogenated alkanes) is 22. The lowest BCUT2D eigenvalue weighted by atomic mass is 9.96. The fourth-order valence-electron chi connectivity index (χ4n) is 7.55. The molecule has 0 fully saturated rings. The van der Waals surface area contributed by atoms with Crippen LogP contribution < -0.4 is 14.8 Å². The highest BCUT2D eigenvalue weighted by Gasteiger charge is 2.16. The average Bonchev–Trinajstić information content (AvgIpc) is 3.21. The van der Waals surface area contributed by atoms with Gasteiger partial charge in [0.25, 0.3) is 0 Å². The van der Waals surface area contributed by atoms with E-state index >= 15 is 0 Å². The number of rotatable bonds is 34. The first-order chi connectivity index (χ1) is 28.0. The van der Waals surface area contributed by atoms with Crippen LogP contribution in [0, 0.1) is 0 Å². The number of hydrogen-bond donors (Lipinski definition) is 1. The first-order valence-electron chi connectivity index (χ1n) is 23.0. The standard InChI is InChI=1S/C51H77NO5/c1-4-6-8-10-12-14-16-18-20-22-24-26-37-56-47-35-28-31-43(39-47)40-49(53)52-46-34-29-32-44(41-46)51-45(42-50(54)55-3)33-30-36-48(51)57-38-27-25-23-21-19-17-15-13-11-9-7-5-2/h28-36,39,41H,4-27,37-38,40,42H2,1-3H3,(H,52,53). The lowest BCUT2D eigenvalue weighted by molar-refractivity contribution is -0.139. The second-order valence-electron chi connectivity index (χ2n) is 16.0. The number of anilines is 1. The summed E-state index contributed by atoms with van der Waals surface area (Å²) in [6.45, 7) is 5.86. The molecular formula is C51H77NO5. The van der Waals surface area contributed by atoms with E-state index in [1.807, 2.05) is 66.7 Å². The monoisotopic (exact) mass is 784 g/mol. The molecule has 0 spiro atoms. The molecule has 0 heterocycles. The Morgan fingerprint density at radius 2 is 1.04 bits per heavy atom. The summed E-state index contributed by atoms with van der Waals surface area (Å²) in [5.41, 5.74) is 4.17. The van der Waals surface area contributed by atoms with Gasteiger partial charge in [0, 0.05) is 11.3 Å². The highest BCUT2D eigenvalue weighted by molar-refractivity contribution is 5.93. The highest BCUT2D eigenvalue weighted by atomic mass is 16.5. The largest absolute Gasteiger partial charge is 0.494 e. The van der Waals surface area contributed by atoms with Gasteiger partial charge in [-0.05, 0) is 59.9 Å². The molecule has 0 atom stereocenters. The van der Waals surface area contributed by atoms with Crippen molar-refractivity contribution in [3.8, 4) is 22.6 Å². The zero-order valence-electron chi connectivity index (χ0n) is 36.2. The van der Waals surface area contributed by atoms with E-state index in [1.54, 1.807) is 0 Å². The highest BCUT2D eigenvalue weighted by Crippen LogP contribution is 2.36. The van der Waals surface area contributed by atoms with Crippen LogP contribution in [0.25, 0.3) is 11.1 Å². The van der Waals surface area contributed by atoms with E-state index in [2.05, 4.69) is 19.2 Å². The summed E-state index contributed by atoms with van der Waals surface area (Å²) in [6, 6.07) is 21.5. The van der Waals surface area contributed by atoms with Crippen LogP contribution in [0.5, 0.6) is 11.5 Å². The SMILES string of the molecule is CCCCCCCCCCCCCCOc1cccc(CC(=O)Nc2cccc(-c3c(CC(=O)OC)cccc3OCCCCCCCCCCCCCC)c2)c1. The molecular weight excluding hydrogens is 707 g/mol. The number of carbonyl (C=O) groups is 2. The summed E-state index contributed by atoms with van der Waals surface area (Å²) in [4.78, 5) is 25.7. The van der Waals surface area contributed by atoms with Crippen molar-refractivity contribution in [2.75, 3.05) is 25.6 Å². The quantitative estimate of drug-likeness (QED) is 0.0482. The van der Waals surface area contributed by atoms with Crippen molar-refractivity contribution in [1.29, 1.82) is 0 Å². The third-order valence-corrected chi connectivity index (χ3v) is 10.9. The number of benzene rings is 3. The topological polar surface area (TPSA) is 73.9 Å². The van der Waals surface area contributed by atoms with Gasteiger partial charge in [0.05, 0.1) is 33.2 Å². The van der Waals surface area contributed by atoms with Crippen LogP contribution in [-0.2, 0) is 27.2 Å². The van der Waals surface area contributed by atoms with Gasteiger partial charge in [-0.25, -0.2) is 0 Å². The lowest BCUT2D eigenvalue weighted by Crippen LogP contribution is -2.14. The molecule has 316 valence electrons. The van der Waals surface area contributed by atoms with E-state index in [-0.39, 0.29) is 24.7 Å². The van der Waals surface area contributed by atoms with Gasteiger partial charge in [0.15, 0.2) is 0 Å². The van der Waals surface area contributed by atoms with E-state index in [4.69, 9.17) is 14.2 Å². The maximum absolute atomic E-state index is 13.3. The second-order valence-corrected chi connectivity index (χ2v) is 16.0. The number of methoxy groups -OCH3 is 1. The maximum atomic E-state index is 13.3. The van der Waals surface area contributed by atoms with Crippen molar-refractivity contribution in [3.05, 3.63) is 77.9 Å². The molecule has 0 aromatic heterocycles. The fraction of sp³-hybridized carbons (Fsp3) is 0.608. The molecule has 0 unspecified atom stereocenters. The van der Waals surface area contributed by atoms with Crippen molar-refractivity contribution in [2.24, 2.45) is 0 Å². The van der Waals surface area contributed by atoms with Crippen LogP contribution in [0.3, 0.4) is 0 Å². The Morgan fingerprint density at radius 1 is 0.526 bits per heavy atom. The van der Waals surface area contributed by atoms with Gasteiger partial charge >= 0.3 is 5.97 Å². The zero-order chi connectivity index (χ0) is 40.6. The molecule has 0 bridgehead atoms. The molecule has 1 N–H and O–H groups in total. The van der Waals surface area contributed by atoms with E-state index < -0.39 is 0 Å². The van der Waals surface area contributed by atoms with Crippen LogP contribution in [-0.4, -0.2) is 32.2 Å². The number of carbonyl (C=O) groups excluding carboxylic acids is 2. The molecule has 3 aromatic rings. The van der Waals surface area contributed by atoms with Gasteiger partial charge < -0.3 is 19.5 Å². The normalized spacial score (nSPS) is 11.1. The van der Waals surface area contributed by atoms with Crippen molar-refractivity contribution < 1.29 is 23.8 Å². The molecule has 0 aliphatic carbocycles. The first kappa shape index (κ1) is 47.6. The number of nitrogens with one attached hydrogen (secondary N) is 1. The number of hydrogen-bond acceptors (Lipinski definition) is 5. The maximum Gasteiger partial charge on any atom is 0.310 e. The average molecular weight is 784 g/mol. The lowest BCUT2D eigenvalue weighted by Gasteiger charge is -2.17. The number of ether oxygens (including phenoxy) is 3. The molecule has 0 aliphatic heterocycles. The molecule has 0 aliphatic rings. The Labute approximate surface area is 347 Å². The molecule has 1 amide bonds. The summed E-state index contributed by atoms with van der Waals surface area (Å²) in [5.74, 6) is 1.14. The number of amides is 1. The molecule has 3 aromatic carbocycles. The van der Waals surface area contributed by atoms with Crippen LogP contribution in [0.2, 0.25) is 0 Å². The molecule has 0 saturated carbocycles. The minimum absolute atomic E-state index is 0.100. The van der Waals surface area contributed by atoms with Gasteiger partial charge in [-0.1, -0.05) is 192 Å². The predicted molar refractivity (Wildman–Crippen MR) is 240 cm³/mol. The smallest absolute Gasteiger partial charge is 0.310 e. The minimum atomic E-state index is -0.306. The Hall–Kier alpha value is -3.80. The van der Waals surface area contributed by atoms with Crippen LogP contribution >= 0.6 is 0 Å². The molecule has 0 radical (unpaired) electrons. The van der Waals surface area contributed by atoms with Gasteiger partial charge in [0.2, 0.25) is 5.91 Å². The fourth-order valence-corrected chi connectivity index (χ4v) is 7.55. The minimum Gasteiger partial charge on any atom is -0.494 e. The summed E-state index contributed by atoms with van der Waals surface area (Å²) in [6.07, 6.45) is 31.7. The van der Waals surface area contributed by atoms with Gasteiger partial charge in [-0.2, -0.15) is 0 Å². The van der Waals surface area contributed by atoms with Crippen molar-refractivity contribution >= 4 is 17.6 Å². The van der Waals surface area contributed by atoms with E-state index in [0.717, 1.165) is 53.0 Å². The van der Waals surface area contributed by atoms with E-state index in [1.165, 1.54) is 142 Å².